The van der Waals surface area contributed by atoms with Crippen LogP contribution >= 0.6 is 0 Å². The quantitative estimate of drug-likeness (QED) is 0.608. The molecule has 2 rings (SSSR count). The highest BCUT2D eigenvalue weighted by Gasteiger charge is 2.23. The summed E-state index contributed by atoms with van der Waals surface area (Å²) in [6.45, 7) is 3.30. The van der Waals surface area contributed by atoms with Crippen LogP contribution in [0, 0.1) is 6.92 Å². The second kappa shape index (κ2) is 9.54. The molecule has 0 aliphatic heterocycles. The Bertz CT molecular complexity index is 930. The lowest BCUT2D eigenvalue weighted by Gasteiger charge is -2.07. The fourth-order valence-electron chi connectivity index (χ4n) is 2.75. The highest BCUT2D eigenvalue weighted by molar-refractivity contribution is 6.07. The van der Waals surface area contributed by atoms with Gasteiger partial charge in [0.05, 0.1) is 19.8 Å². The number of aromatic nitrogens is 1. The van der Waals surface area contributed by atoms with Crippen LogP contribution in [0.2, 0.25) is 0 Å². The van der Waals surface area contributed by atoms with E-state index < -0.39 is 23.8 Å². The minimum atomic E-state index is -0.554. The van der Waals surface area contributed by atoms with Gasteiger partial charge in [0, 0.05) is 16.9 Å². The van der Waals surface area contributed by atoms with Crippen LogP contribution < -0.4 is 10.6 Å². The van der Waals surface area contributed by atoms with E-state index in [9.17, 15) is 19.2 Å². The second-order valence-corrected chi connectivity index (χ2v) is 6.11. The lowest BCUT2D eigenvalue weighted by molar-refractivity contribution is -0.139. The molecular formula is C20H23N3O6. The third-order valence-corrected chi connectivity index (χ3v) is 4.32. The van der Waals surface area contributed by atoms with Crippen molar-refractivity contribution in [1.29, 1.82) is 0 Å². The second-order valence-electron chi connectivity index (χ2n) is 6.11. The first-order valence-electron chi connectivity index (χ1n) is 8.88. The van der Waals surface area contributed by atoms with Crippen LogP contribution in [-0.4, -0.2) is 49.5 Å². The Labute approximate surface area is 167 Å². The molecule has 1 aromatic carbocycles. The molecule has 0 spiro atoms. The number of benzene rings is 1. The van der Waals surface area contributed by atoms with Crippen molar-refractivity contribution in [3.05, 3.63) is 52.3 Å². The van der Waals surface area contributed by atoms with Crippen LogP contribution in [0.3, 0.4) is 0 Å². The van der Waals surface area contributed by atoms with E-state index in [-0.39, 0.29) is 12.2 Å². The number of hydrogen-bond acceptors (Lipinski definition) is 6. The van der Waals surface area contributed by atoms with Crippen molar-refractivity contribution < 1.29 is 28.7 Å². The van der Waals surface area contributed by atoms with E-state index in [1.54, 1.807) is 19.1 Å². The number of carbonyl (C=O) groups excluding carboxylic acids is 4. The Morgan fingerprint density at radius 1 is 1.00 bits per heavy atom. The van der Waals surface area contributed by atoms with Crippen molar-refractivity contribution in [3.63, 3.8) is 0 Å². The zero-order valence-electron chi connectivity index (χ0n) is 16.7. The van der Waals surface area contributed by atoms with Crippen molar-refractivity contribution in [2.75, 3.05) is 26.1 Å². The van der Waals surface area contributed by atoms with Gasteiger partial charge in [-0.15, -0.1) is 0 Å². The number of methoxy groups -OCH3 is 2. The van der Waals surface area contributed by atoms with Crippen LogP contribution in [0.15, 0.2) is 24.3 Å². The van der Waals surface area contributed by atoms with Gasteiger partial charge in [0.2, 0.25) is 0 Å². The number of aryl methyl sites for hydroxylation is 1. The molecule has 0 fully saturated rings. The molecular weight excluding hydrogens is 378 g/mol. The maximum Gasteiger partial charge on any atom is 0.339 e. The third-order valence-electron chi connectivity index (χ3n) is 4.32. The molecule has 0 atom stereocenters. The average Bonchev–Trinajstić information content (AvgIpc) is 3.08. The first-order chi connectivity index (χ1) is 13.8. The number of carbonyl (C=O) groups is 4. The van der Waals surface area contributed by atoms with Crippen LogP contribution in [0.1, 0.15) is 49.4 Å². The summed E-state index contributed by atoms with van der Waals surface area (Å²) in [4.78, 5) is 50.6. The molecule has 3 N–H and O–H groups in total. The molecule has 0 unspecified atom stereocenters. The van der Waals surface area contributed by atoms with Gasteiger partial charge in [0.1, 0.15) is 12.2 Å². The van der Waals surface area contributed by atoms with Gasteiger partial charge in [-0.05, 0) is 43.2 Å². The molecule has 9 nitrogen and oxygen atoms in total. The highest BCUT2D eigenvalue weighted by atomic mass is 16.5. The Hall–Kier alpha value is -3.62. The fraction of sp³-hybridized carbons (Fsp3) is 0.300. The van der Waals surface area contributed by atoms with E-state index >= 15 is 0 Å². The van der Waals surface area contributed by atoms with Crippen molar-refractivity contribution >= 4 is 29.4 Å². The maximum absolute atomic E-state index is 12.6. The Morgan fingerprint density at radius 3 is 2.21 bits per heavy atom. The Morgan fingerprint density at radius 2 is 1.66 bits per heavy atom. The summed E-state index contributed by atoms with van der Waals surface area (Å²) in [6.07, 6.45) is 0.536. The molecule has 0 radical (unpaired) electrons. The van der Waals surface area contributed by atoms with E-state index in [1.165, 1.54) is 26.4 Å². The number of amides is 2. The molecule has 1 heterocycles. The molecule has 0 aliphatic carbocycles. The third kappa shape index (κ3) is 5.01. The summed E-state index contributed by atoms with van der Waals surface area (Å²) in [5.41, 5.74) is 2.54. The van der Waals surface area contributed by atoms with E-state index in [2.05, 4.69) is 20.4 Å². The molecule has 29 heavy (non-hydrogen) atoms. The van der Waals surface area contributed by atoms with E-state index in [1.807, 2.05) is 6.92 Å². The van der Waals surface area contributed by atoms with E-state index in [0.29, 0.717) is 34.5 Å². The average molecular weight is 401 g/mol. The number of anilines is 1. The molecule has 0 aliphatic rings. The predicted octanol–water partition coefficient (Wildman–Crippen LogP) is 1.83. The van der Waals surface area contributed by atoms with Crippen molar-refractivity contribution in [1.82, 2.24) is 10.3 Å². The summed E-state index contributed by atoms with van der Waals surface area (Å²) < 4.78 is 9.25. The maximum atomic E-state index is 12.6. The van der Waals surface area contributed by atoms with Gasteiger partial charge in [-0.2, -0.15) is 0 Å². The largest absolute Gasteiger partial charge is 0.468 e. The predicted molar refractivity (Wildman–Crippen MR) is 105 cm³/mol. The topological polar surface area (TPSA) is 127 Å². The number of esters is 2. The molecule has 0 saturated carbocycles. The molecule has 1 aromatic heterocycles. The molecule has 154 valence electrons. The number of H-pyrrole nitrogens is 1. The summed E-state index contributed by atoms with van der Waals surface area (Å²) >= 11 is 0. The smallest absolute Gasteiger partial charge is 0.339 e. The molecule has 2 aromatic rings. The molecule has 9 heteroatoms. The van der Waals surface area contributed by atoms with Gasteiger partial charge in [0.15, 0.2) is 0 Å². The van der Waals surface area contributed by atoms with Gasteiger partial charge >= 0.3 is 11.9 Å². The first kappa shape index (κ1) is 21.7. The normalized spacial score (nSPS) is 10.2. The summed E-state index contributed by atoms with van der Waals surface area (Å²) in [5, 5.41) is 5.14. The lowest BCUT2D eigenvalue weighted by atomic mass is 10.1. The Kier molecular flexibility index (Phi) is 7.13. The van der Waals surface area contributed by atoms with Gasteiger partial charge < -0.3 is 25.1 Å². The summed E-state index contributed by atoms with van der Waals surface area (Å²) in [7, 11) is 2.52. The fourth-order valence-corrected chi connectivity index (χ4v) is 2.75. The van der Waals surface area contributed by atoms with Gasteiger partial charge in [0.25, 0.3) is 11.8 Å². The minimum Gasteiger partial charge on any atom is -0.468 e. The number of hydrogen-bond donors (Lipinski definition) is 3. The van der Waals surface area contributed by atoms with Crippen LogP contribution in [-0.2, 0) is 20.7 Å². The van der Waals surface area contributed by atoms with Crippen molar-refractivity contribution in [2.24, 2.45) is 0 Å². The number of rotatable bonds is 7. The monoisotopic (exact) mass is 401 g/mol. The SMILES string of the molecule is CCc1[nH]c(C(=O)Nc2ccc(C(=O)NCC(=O)OC)cc2)c(C)c1C(=O)OC. The highest BCUT2D eigenvalue weighted by Crippen LogP contribution is 2.21. The van der Waals surface area contributed by atoms with Gasteiger partial charge in [-0.25, -0.2) is 4.79 Å². The standard InChI is InChI=1S/C20H23N3O6/c1-5-14-16(20(27)29-4)11(2)17(23-14)19(26)22-13-8-6-12(7-9-13)18(25)21-10-15(24)28-3/h6-9,23H,5,10H2,1-4H3,(H,21,25)(H,22,26). The van der Waals surface area contributed by atoms with Crippen molar-refractivity contribution in [2.45, 2.75) is 20.3 Å². The van der Waals surface area contributed by atoms with E-state index in [4.69, 9.17) is 4.74 Å². The summed E-state index contributed by atoms with van der Waals surface area (Å²) in [6, 6.07) is 6.15. The van der Waals surface area contributed by atoms with Gasteiger partial charge in [-0.3, -0.25) is 14.4 Å². The molecule has 2 amide bonds. The lowest BCUT2D eigenvalue weighted by Crippen LogP contribution is -2.30. The first-order valence-corrected chi connectivity index (χ1v) is 8.88. The van der Waals surface area contributed by atoms with Gasteiger partial charge in [-0.1, -0.05) is 6.92 Å². The van der Waals surface area contributed by atoms with E-state index in [0.717, 1.165) is 0 Å². The molecule has 0 bridgehead atoms. The number of ether oxygens (including phenoxy) is 2. The Balaban J connectivity index is 2.12. The molecule has 0 saturated heterocycles. The minimum absolute atomic E-state index is 0.234. The van der Waals surface area contributed by atoms with Crippen LogP contribution in [0.4, 0.5) is 5.69 Å². The zero-order chi connectivity index (χ0) is 21.6. The van der Waals surface area contributed by atoms with Crippen LogP contribution in [0.25, 0.3) is 0 Å². The number of aromatic amines is 1. The van der Waals surface area contributed by atoms with Crippen molar-refractivity contribution in [3.8, 4) is 0 Å². The zero-order valence-corrected chi connectivity index (χ0v) is 16.7. The van der Waals surface area contributed by atoms with Crippen LogP contribution in [0.5, 0.6) is 0 Å². The summed E-state index contributed by atoms with van der Waals surface area (Å²) in [5.74, 6) is -1.92. The number of nitrogens with one attached hydrogen (secondary N) is 3.